The van der Waals surface area contributed by atoms with E-state index >= 15 is 0 Å². The van der Waals surface area contributed by atoms with Gasteiger partial charge in [-0.2, -0.15) is 0 Å². The molecule has 0 amide bonds. The van der Waals surface area contributed by atoms with Gasteiger partial charge in [0.15, 0.2) is 5.78 Å². The first-order chi connectivity index (χ1) is 6.06. The minimum Gasteiger partial charge on any atom is -0.466 e. The van der Waals surface area contributed by atoms with E-state index in [1.54, 1.807) is 6.92 Å². The van der Waals surface area contributed by atoms with Gasteiger partial charge >= 0.3 is 5.97 Å². The van der Waals surface area contributed by atoms with Crippen molar-refractivity contribution in [2.45, 2.75) is 13.8 Å². The molecule has 0 saturated carbocycles. The fourth-order valence-electron chi connectivity index (χ4n) is 0.522. The van der Waals surface area contributed by atoms with E-state index < -0.39 is 5.97 Å². The Kier molecular flexibility index (Phi) is 5.27. The third-order valence-corrected chi connectivity index (χ3v) is 0.974. The van der Waals surface area contributed by atoms with Crippen LogP contribution in [0.4, 0.5) is 0 Å². The fourth-order valence-corrected chi connectivity index (χ4v) is 0.522. The Labute approximate surface area is 76.8 Å². The Balaban J connectivity index is 3.87. The molecule has 0 saturated heterocycles. The molecule has 0 aromatic rings. The van der Waals surface area contributed by atoms with Crippen LogP contribution >= 0.6 is 0 Å². The van der Waals surface area contributed by atoms with Crippen LogP contribution in [0.5, 0.6) is 0 Å². The van der Waals surface area contributed by atoms with Crippen molar-refractivity contribution >= 4 is 11.8 Å². The monoisotopic (exact) mass is 184 g/mol. The van der Waals surface area contributed by atoms with Crippen molar-refractivity contribution in [3.8, 4) is 0 Å². The Bertz CT molecular complexity index is 240. The summed E-state index contributed by atoms with van der Waals surface area (Å²) in [7, 11) is 0. The van der Waals surface area contributed by atoms with Gasteiger partial charge in [0, 0.05) is 6.08 Å². The third kappa shape index (κ3) is 6.80. The molecule has 0 spiro atoms. The molecule has 0 radical (unpaired) electrons. The van der Waals surface area contributed by atoms with Gasteiger partial charge in [0.2, 0.25) is 0 Å². The van der Waals surface area contributed by atoms with Gasteiger partial charge in [0.05, 0.1) is 6.61 Å². The minimum atomic E-state index is -0.673. The third-order valence-electron chi connectivity index (χ3n) is 0.974. The number of esters is 1. The van der Waals surface area contributed by atoms with E-state index in [0.717, 1.165) is 12.2 Å². The molecule has 0 atom stereocenters. The molecule has 4 heteroatoms. The van der Waals surface area contributed by atoms with E-state index in [9.17, 15) is 9.59 Å². The highest BCUT2D eigenvalue weighted by Crippen LogP contribution is 1.96. The number of hydrogen-bond acceptors (Lipinski definition) is 4. The number of rotatable bonds is 5. The van der Waals surface area contributed by atoms with Crippen LogP contribution in [0.1, 0.15) is 13.8 Å². The molecule has 72 valence electrons. The molecule has 0 unspecified atom stereocenters. The summed E-state index contributed by atoms with van der Waals surface area (Å²) in [6.07, 6.45) is 2.13. The van der Waals surface area contributed by atoms with E-state index in [4.69, 9.17) is 4.74 Å². The topological polar surface area (TPSA) is 52.6 Å². The number of allylic oxidation sites excluding steroid dienone is 1. The van der Waals surface area contributed by atoms with Gasteiger partial charge in [-0.15, -0.1) is 0 Å². The predicted molar refractivity (Wildman–Crippen MR) is 46.7 cm³/mol. The van der Waals surface area contributed by atoms with Crippen LogP contribution in [0.25, 0.3) is 0 Å². The van der Waals surface area contributed by atoms with Gasteiger partial charge < -0.3 is 9.47 Å². The Morgan fingerprint density at radius 1 is 1.38 bits per heavy atom. The molecule has 0 aliphatic carbocycles. The van der Waals surface area contributed by atoms with Crippen molar-refractivity contribution in [1.29, 1.82) is 0 Å². The molecular weight excluding hydrogens is 172 g/mol. The van der Waals surface area contributed by atoms with Crippen LogP contribution in [0, 0.1) is 0 Å². The molecule has 13 heavy (non-hydrogen) atoms. The number of hydrogen-bond donors (Lipinski definition) is 0. The normalized spacial score (nSPS) is 9.69. The lowest BCUT2D eigenvalue weighted by molar-refractivity contribution is -0.139. The molecule has 0 rings (SSSR count). The summed E-state index contributed by atoms with van der Waals surface area (Å²) in [6.45, 7) is 6.78. The first-order valence-electron chi connectivity index (χ1n) is 3.78. The van der Waals surface area contributed by atoms with Crippen LogP contribution in [-0.2, 0) is 19.1 Å². The van der Waals surface area contributed by atoms with Gasteiger partial charge in [-0.25, -0.2) is 4.79 Å². The average molecular weight is 184 g/mol. The second-order valence-electron chi connectivity index (χ2n) is 2.17. The zero-order valence-electron chi connectivity index (χ0n) is 7.70. The zero-order chi connectivity index (χ0) is 10.3. The summed E-state index contributed by atoms with van der Waals surface area (Å²) in [5.74, 6) is -0.965. The summed E-state index contributed by atoms with van der Waals surface area (Å²) in [4.78, 5) is 21.2. The molecule has 4 nitrogen and oxygen atoms in total. The first kappa shape index (κ1) is 11.4. The van der Waals surface area contributed by atoms with Crippen molar-refractivity contribution in [2.24, 2.45) is 0 Å². The first-order valence-corrected chi connectivity index (χ1v) is 3.78. The molecule has 0 fully saturated rings. The van der Waals surface area contributed by atoms with Crippen molar-refractivity contribution in [2.75, 3.05) is 6.61 Å². The zero-order valence-corrected chi connectivity index (χ0v) is 7.70. The maximum Gasteiger partial charge on any atom is 0.338 e. The SMILES string of the molecule is C=C(OCC)OC(=O)/C=C/C(C)=O. The average Bonchev–Trinajstić information content (AvgIpc) is 2.01. The lowest BCUT2D eigenvalue weighted by Crippen LogP contribution is -2.03. The van der Waals surface area contributed by atoms with Crippen LogP contribution < -0.4 is 0 Å². The highest BCUT2D eigenvalue weighted by atomic mass is 16.7. The van der Waals surface area contributed by atoms with E-state index in [0.29, 0.717) is 6.61 Å². The predicted octanol–water partition coefficient (Wildman–Crippen LogP) is 1.18. The summed E-state index contributed by atoms with van der Waals surface area (Å²) in [5, 5.41) is 0. The highest BCUT2D eigenvalue weighted by molar-refractivity contribution is 5.94. The summed E-state index contributed by atoms with van der Waals surface area (Å²) in [6, 6.07) is 0. The molecule has 0 aromatic heterocycles. The summed E-state index contributed by atoms with van der Waals surface area (Å²) in [5.41, 5.74) is 0. The Hall–Kier alpha value is -1.58. The fraction of sp³-hybridized carbons (Fsp3) is 0.333. The minimum absolute atomic E-state index is 0.0688. The van der Waals surface area contributed by atoms with E-state index in [2.05, 4.69) is 11.3 Å². The second kappa shape index (κ2) is 5.99. The lowest BCUT2D eigenvalue weighted by Gasteiger charge is -2.03. The molecule has 0 aromatic carbocycles. The van der Waals surface area contributed by atoms with Gasteiger partial charge in [-0.05, 0) is 26.5 Å². The van der Waals surface area contributed by atoms with Gasteiger partial charge in [0.1, 0.15) is 0 Å². The quantitative estimate of drug-likeness (QED) is 0.366. The Morgan fingerprint density at radius 3 is 2.46 bits per heavy atom. The largest absolute Gasteiger partial charge is 0.466 e. The van der Waals surface area contributed by atoms with Crippen LogP contribution in [0.15, 0.2) is 24.7 Å². The molecule has 0 aliphatic rings. The standard InChI is InChI=1S/C9H12O4/c1-4-12-8(3)13-9(11)6-5-7(2)10/h5-6H,3-4H2,1-2H3/b6-5+. The van der Waals surface area contributed by atoms with Crippen molar-refractivity contribution in [1.82, 2.24) is 0 Å². The molecule has 0 N–H and O–H groups in total. The Morgan fingerprint density at radius 2 is 2.00 bits per heavy atom. The van der Waals surface area contributed by atoms with Gasteiger partial charge in [0.25, 0.3) is 5.95 Å². The van der Waals surface area contributed by atoms with E-state index in [1.165, 1.54) is 6.92 Å². The maximum atomic E-state index is 10.8. The van der Waals surface area contributed by atoms with Gasteiger partial charge in [-0.3, -0.25) is 4.79 Å². The number of ether oxygens (including phenoxy) is 2. The van der Waals surface area contributed by atoms with Crippen LogP contribution in [0.2, 0.25) is 0 Å². The van der Waals surface area contributed by atoms with E-state index in [-0.39, 0.29) is 11.7 Å². The lowest BCUT2D eigenvalue weighted by atomic mass is 10.4. The van der Waals surface area contributed by atoms with Crippen molar-refractivity contribution in [3.05, 3.63) is 24.7 Å². The highest BCUT2D eigenvalue weighted by Gasteiger charge is 2.00. The number of ketones is 1. The summed E-state index contributed by atoms with van der Waals surface area (Å²) < 4.78 is 9.31. The number of carbonyl (C=O) groups is 2. The van der Waals surface area contributed by atoms with Crippen molar-refractivity contribution in [3.63, 3.8) is 0 Å². The van der Waals surface area contributed by atoms with Crippen LogP contribution in [-0.4, -0.2) is 18.4 Å². The van der Waals surface area contributed by atoms with E-state index in [1.807, 2.05) is 0 Å². The number of carbonyl (C=O) groups excluding carboxylic acids is 2. The molecular formula is C9H12O4. The van der Waals surface area contributed by atoms with Crippen molar-refractivity contribution < 1.29 is 19.1 Å². The van der Waals surface area contributed by atoms with Gasteiger partial charge in [-0.1, -0.05) is 0 Å². The smallest absolute Gasteiger partial charge is 0.338 e. The maximum absolute atomic E-state index is 10.8. The summed E-state index contributed by atoms with van der Waals surface area (Å²) >= 11 is 0. The molecule has 0 heterocycles. The second-order valence-corrected chi connectivity index (χ2v) is 2.17. The molecule has 0 aliphatic heterocycles. The molecule has 0 bridgehead atoms. The van der Waals surface area contributed by atoms with Crippen LogP contribution in [0.3, 0.4) is 0 Å².